The largest absolute Gasteiger partial charge is 0.378 e. The standard InChI is InChI=1S/C18H27N5O4/c1-21-12-20-16-15(21)17(25)23(18(26)22(16)2)11-14(24)19-9-6-10-27-13-7-4-3-5-8-13/h12-13H,3-11H2,1-2H3,(H,19,24). The van der Waals surface area contributed by atoms with Gasteiger partial charge in [-0.3, -0.25) is 14.2 Å². The molecule has 0 atom stereocenters. The van der Waals surface area contributed by atoms with Crippen LogP contribution in [0.5, 0.6) is 0 Å². The highest BCUT2D eigenvalue weighted by Crippen LogP contribution is 2.20. The van der Waals surface area contributed by atoms with E-state index >= 15 is 0 Å². The normalized spacial score (nSPS) is 15.3. The Morgan fingerprint density at radius 3 is 2.74 bits per heavy atom. The average molecular weight is 377 g/mol. The third-order valence-corrected chi connectivity index (χ3v) is 5.05. The van der Waals surface area contributed by atoms with Crippen LogP contribution >= 0.6 is 0 Å². The summed E-state index contributed by atoms with van der Waals surface area (Å²) < 4.78 is 9.59. The van der Waals surface area contributed by atoms with Crippen molar-refractivity contribution in [3.8, 4) is 0 Å². The number of imidazole rings is 1. The number of ether oxygens (including phenoxy) is 1. The van der Waals surface area contributed by atoms with Gasteiger partial charge in [-0.25, -0.2) is 14.3 Å². The number of aryl methyl sites for hydroxylation is 2. The smallest absolute Gasteiger partial charge is 0.332 e. The van der Waals surface area contributed by atoms with Crippen LogP contribution in [0.2, 0.25) is 0 Å². The van der Waals surface area contributed by atoms with Crippen molar-refractivity contribution in [1.29, 1.82) is 0 Å². The van der Waals surface area contributed by atoms with E-state index in [0.717, 1.165) is 17.4 Å². The number of nitrogens with zero attached hydrogens (tertiary/aromatic N) is 4. The zero-order valence-corrected chi connectivity index (χ0v) is 15.9. The molecule has 2 heterocycles. The Morgan fingerprint density at radius 2 is 2.00 bits per heavy atom. The second-order valence-corrected chi connectivity index (χ2v) is 7.09. The second-order valence-electron chi connectivity index (χ2n) is 7.09. The first-order valence-electron chi connectivity index (χ1n) is 9.48. The molecule has 2 aromatic heterocycles. The van der Waals surface area contributed by atoms with Crippen LogP contribution in [0.4, 0.5) is 0 Å². The van der Waals surface area contributed by atoms with Crippen LogP contribution in [0.1, 0.15) is 38.5 Å². The molecule has 0 bridgehead atoms. The minimum atomic E-state index is -0.554. The molecule has 1 aliphatic carbocycles. The lowest BCUT2D eigenvalue weighted by Gasteiger charge is -2.21. The molecule has 1 fully saturated rings. The number of hydrogen-bond acceptors (Lipinski definition) is 5. The van der Waals surface area contributed by atoms with Crippen molar-refractivity contribution in [2.75, 3.05) is 13.2 Å². The summed E-state index contributed by atoms with van der Waals surface area (Å²) >= 11 is 0. The van der Waals surface area contributed by atoms with Gasteiger partial charge in [0, 0.05) is 27.2 Å². The quantitative estimate of drug-likeness (QED) is 0.699. The number of hydrogen-bond donors (Lipinski definition) is 1. The minimum Gasteiger partial charge on any atom is -0.378 e. The molecule has 1 aliphatic rings. The van der Waals surface area contributed by atoms with E-state index in [9.17, 15) is 14.4 Å². The van der Waals surface area contributed by atoms with Crippen LogP contribution in [0.15, 0.2) is 15.9 Å². The summed E-state index contributed by atoms with van der Waals surface area (Å²) in [6, 6.07) is 0. The SMILES string of the molecule is Cn1cnc2c1c(=O)n(CC(=O)NCCCOC1CCCCC1)c(=O)n2C. The number of fused-ring (bicyclic) bond motifs is 1. The highest BCUT2D eigenvalue weighted by Gasteiger charge is 2.17. The molecule has 148 valence electrons. The summed E-state index contributed by atoms with van der Waals surface area (Å²) in [6.45, 7) is 0.748. The topological polar surface area (TPSA) is 100 Å². The van der Waals surface area contributed by atoms with E-state index in [1.165, 1.54) is 37.2 Å². The van der Waals surface area contributed by atoms with Gasteiger partial charge in [0.15, 0.2) is 11.2 Å². The van der Waals surface area contributed by atoms with E-state index in [-0.39, 0.29) is 12.5 Å². The van der Waals surface area contributed by atoms with E-state index in [1.807, 2.05) is 0 Å². The molecule has 0 aliphatic heterocycles. The third-order valence-electron chi connectivity index (χ3n) is 5.05. The lowest BCUT2D eigenvalue weighted by molar-refractivity contribution is -0.121. The van der Waals surface area contributed by atoms with Crippen molar-refractivity contribution < 1.29 is 9.53 Å². The first-order chi connectivity index (χ1) is 13.0. The van der Waals surface area contributed by atoms with Crippen molar-refractivity contribution in [2.45, 2.75) is 51.2 Å². The number of amides is 1. The zero-order valence-electron chi connectivity index (χ0n) is 15.9. The molecule has 0 radical (unpaired) electrons. The lowest BCUT2D eigenvalue weighted by atomic mass is 9.98. The average Bonchev–Trinajstić information content (AvgIpc) is 3.06. The van der Waals surface area contributed by atoms with Crippen LogP contribution < -0.4 is 16.6 Å². The molecule has 0 spiro atoms. The molecule has 0 aromatic carbocycles. The molecule has 0 unspecified atom stereocenters. The Kier molecular flexibility index (Phi) is 6.10. The Balaban J connectivity index is 1.54. The van der Waals surface area contributed by atoms with Gasteiger partial charge in [-0.15, -0.1) is 0 Å². The van der Waals surface area contributed by atoms with Crippen molar-refractivity contribution in [3.05, 3.63) is 27.2 Å². The number of aromatic nitrogens is 4. The second kappa shape index (κ2) is 8.51. The van der Waals surface area contributed by atoms with E-state index in [4.69, 9.17) is 4.74 Å². The van der Waals surface area contributed by atoms with E-state index in [2.05, 4.69) is 10.3 Å². The molecule has 2 aromatic rings. The van der Waals surface area contributed by atoms with Crippen LogP contribution in [-0.2, 0) is 30.2 Å². The molecular formula is C18H27N5O4. The third kappa shape index (κ3) is 4.29. The summed E-state index contributed by atoms with van der Waals surface area (Å²) in [7, 11) is 3.21. The molecule has 9 heteroatoms. The fourth-order valence-corrected chi connectivity index (χ4v) is 3.52. The minimum absolute atomic E-state index is 0.297. The maximum absolute atomic E-state index is 12.6. The Bertz CT molecular complexity index is 920. The first-order valence-corrected chi connectivity index (χ1v) is 9.48. The molecule has 9 nitrogen and oxygen atoms in total. The summed E-state index contributed by atoms with van der Waals surface area (Å²) in [5.41, 5.74) is -0.458. The van der Waals surface area contributed by atoms with Gasteiger partial charge >= 0.3 is 5.69 Å². The molecule has 1 saturated carbocycles. The Labute approximate surface area is 156 Å². The van der Waals surface area contributed by atoms with Crippen LogP contribution in [-0.4, -0.2) is 43.8 Å². The van der Waals surface area contributed by atoms with Gasteiger partial charge in [0.2, 0.25) is 5.91 Å². The van der Waals surface area contributed by atoms with Crippen LogP contribution in [0.3, 0.4) is 0 Å². The van der Waals surface area contributed by atoms with Gasteiger partial charge in [-0.2, -0.15) is 0 Å². The Morgan fingerprint density at radius 1 is 1.26 bits per heavy atom. The number of rotatable bonds is 7. The van der Waals surface area contributed by atoms with Crippen molar-refractivity contribution in [1.82, 2.24) is 24.0 Å². The molecule has 1 N–H and O–H groups in total. The predicted octanol–water partition coefficient (Wildman–Crippen LogP) is 0.289. The highest BCUT2D eigenvalue weighted by molar-refractivity contribution is 5.76. The highest BCUT2D eigenvalue weighted by atomic mass is 16.5. The number of nitrogens with one attached hydrogen (secondary N) is 1. The van der Waals surface area contributed by atoms with Gasteiger partial charge in [-0.05, 0) is 19.3 Å². The molecule has 1 amide bonds. The molecule has 27 heavy (non-hydrogen) atoms. The molecule has 0 saturated heterocycles. The van der Waals surface area contributed by atoms with Crippen LogP contribution in [0.25, 0.3) is 11.2 Å². The fraction of sp³-hybridized carbons (Fsp3) is 0.667. The van der Waals surface area contributed by atoms with E-state index < -0.39 is 11.2 Å². The van der Waals surface area contributed by atoms with Crippen molar-refractivity contribution >= 4 is 17.1 Å². The van der Waals surface area contributed by atoms with Gasteiger partial charge < -0.3 is 14.6 Å². The van der Waals surface area contributed by atoms with E-state index in [0.29, 0.717) is 36.8 Å². The van der Waals surface area contributed by atoms with Gasteiger partial charge in [0.25, 0.3) is 5.56 Å². The van der Waals surface area contributed by atoms with Gasteiger partial charge in [0.05, 0.1) is 12.4 Å². The van der Waals surface area contributed by atoms with Crippen molar-refractivity contribution in [2.24, 2.45) is 14.1 Å². The maximum atomic E-state index is 12.6. The monoisotopic (exact) mass is 377 g/mol. The molecule has 3 rings (SSSR count). The van der Waals surface area contributed by atoms with Crippen LogP contribution in [0, 0.1) is 0 Å². The number of carbonyl (C=O) groups is 1. The molecular weight excluding hydrogens is 350 g/mol. The number of carbonyl (C=O) groups excluding carboxylic acids is 1. The summed E-state index contributed by atoms with van der Waals surface area (Å²) in [5, 5.41) is 2.75. The summed E-state index contributed by atoms with van der Waals surface area (Å²) in [5.74, 6) is -0.367. The fourth-order valence-electron chi connectivity index (χ4n) is 3.52. The summed E-state index contributed by atoms with van der Waals surface area (Å²) in [4.78, 5) is 41.2. The first kappa shape index (κ1) is 19.3. The van der Waals surface area contributed by atoms with Gasteiger partial charge in [-0.1, -0.05) is 19.3 Å². The van der Waals surface area contributed by atoms with E-state index in [1.54, 1.807) is 11.6 Å². The summed E-state index contributed by atoms with van der Waals surface area (Å²) in [6.07, 6.45) is 8.52. The van der Waals surface area contributed by atoms with Gasteiger partial charge in [0.1, 0.15) is 6.54 Å². The zero-order chi connectivity index (χ0) is 19.4. The Hall–Kier alpha value is -2.42. The maximum Gasteiger partial charge on any atom is 0.332 e. The van der Waals surface area contributed by atoms with Crippen molar-refractivity contribution in [3.63, 3.8) is 0 Å². The predicted molar refractivity (Wildman–Crippen MR) is 101 cm³/mol. The lowest BCUT2D eigenvalue weighted by Crippen LogP contribution is -2.43.